The number of benzene rings is 1. The first-order valence-electron chi connectivity index (χ1n) is 6.19. The van der Waals surface area contributed by atoms with Crippen LogP contribution >= 0.6 is 0 Å². The van der Waals surface area contributed by atoms with Crippen LogP contribution in [0.4, 0.5) is 0 Å². The Balaban J connectivity index is 2.51. The van der Waals surface area contributed by atoms with Crippen LogP contribution in [0.15, 0.2) is 18.2 Å². The minimum Gasteiger partial charge on any atom is -0.496 e. The predicted molar refractivity (Wildman–Crippen MR) is 70.1 cm³/mol. The van der Waals surface area contributed by atoms with Crippen molar-refractivity contribution < 1.29 is 14.6 Å². The third kappa shape index (κ3) is 1.88. The van der Waals surface area contributed by atoms with Gasteiger partial charge in [-0.2, -0.15) is 0 Å². The molecule has 0 amide bonds. The van der Waals surface area contributed by atoms with E-state index in [-0.39, 0.29) is 5.41 Å². The Morgan fingerprint density at radius 3 is 2.39 bits per heavy atom. The second-order valence-electron chi connectivity index (χ2n) is 6.11. The number of ether oxygens (including phenoxy) is 1. The van der Waals surface area contributed by atoms with Gasteiger partial charge in [-0.25, -0.2) is 0 Å². The zero-order valence-electron chi connectivity index (χ0n) is 11.4. The quantitative estimate of drug-likeness (QED) is 0.893. The number of aliphatic carboxylic acids is 1. The van der Waals surface area contributed by atoms with Crippen molar-refractivity contribution in [3.63, 3.8) is 0 Å². The Bertz CT molecular complexity index is 481. The molecule has 2 rings (SSSR count). The predicted octanol–water partition coefficient (Wildman–Crippen LogP) is 3.15. The molecule has 0 saturated heterocycles. The van der Waals surface area contributed by atoms with Crippen LogP contribution < -0.4 is 4.74 Å². The van der Waals surface area contributed by atoms with Crippen molar-refractivity contribution in [2.45, 2.75) is 39.0 Å². The highest BCUT2D eigenvalue weighted by molar-refractivity contribution is 5.84. The topological polar surface area (TPSA) is 46.5 Å². The molecule has 98 valence electrons. The van der Waals surface area contributed by atoms with Gasteiger partial charge in [0, 0.05) is 5.56 Å². The van der Waals surface area contributed by atoms with Gasteiger partial charge in [-0.3, -0.25) is 4.79 Å². The number of carboxylic acid groups (broad SMARTS) is 1. The zero-order valence-corrected chi connectivity index (χ0v) is 11.4. The lowest BCUT2D eigenvalue weighted by molar-refractivity contribution is -0.153. The Morgan fingerprint density at radius 2 is 1.94 bits per heavy atom. The summed E-state index contributed by atoms with van der Waals surface area (Å²) in [4.78, 5) is 11.7. The number of rotatable bonds is 3. The first-order chi connectivity index (χ1) is 8.31. The van der Waals surface area contributed by atoms with Crippen molar-refractivity contribution in [3.05, 3.63) is 29.3 Å². The molecule has 1 fully saturated rings. The summed E-state index contributed by atoms with van der Waals surface area (Å²) in [7, 11) is 1.59. The maximum atomic E-state index is 11.7. The minimum atomic E-state index is -0.777. The molecule has 1 aromatic carbocycles. The number of carbonyl (C=O) groups is 1. The van der Waals surface area contributed by atoms with Crippen molar-refractivity contribution >= 4 is 5.97 Å². The van der Waals surface area contributed by atoms with Gasteiger partial charge in [-0.1, -0.05) is 31.5 Å². The lowest BCUT2D eigenvalue weighted by Gasteiger charge is -2.51. The molecule has 1 saturated carbocycles. The molecule has 0 heterocycles. The average Bonchev–Trinajstić information content (AvgIpc) is 2.24. The number of hydrogen-bond acceptors (Lipinski definition) is 2. The Morgan fingerprint density at radius 1 is 1.33 bits per heavy atom. The standard InChI is InChI=1S/C15H20O3/c1-10-5-6-12(18-4)11(7-10)15(13(16)17)8-14(2,3)9-15/h5-7H,8-9H2,1-4H3,(H,16,17). The van der Waals surface area contributed by atoms with Gasteiger partial charge in [0.15, 0.2) is 0 Å². The second-order valence-corrected chi connectivity index (χ2v) is 6.11. The summed E-state index contributed by atoms with van der Waals surface area (Å²) in [6.07, 6.45) is 1.32. The van der Waals surface area contributed by atoms with Crippen molar-refractivity contribution in [3.8, 4) is 5.75 Å². The second kappa shape index (κ2) is 4.01. The molecular weight excluding hydrogens is 228 g/mol. The summed E-state index contributed by atoms with van der Waals surface area (Å²) < 4.78 is 5.34. The lowest BCUT2D eigenvalue weighted by atomic mass is 9.51. The van der Waals surface area contributed by atoms with Gasteiger partial charge in [-0.05, 0) is 31.2 Å². The first-order valence-corrected chi connectivity index (χ1v) is 6.19. The molecule has 0 aliphatic heterocycles. The van der Waals surface area contributed by atoms with Crippen LogP contribution in [0.5, 0.6) is 5.75 Å². The maximum Gasteiger partial charge on any atom is 0.314 e. The summed E-state index contributed by atoms with van der Waals surface area (Å²) in [6.45, 7) is 6.19. The molecule has 3 heteroatoms. The van der Waals surface area contributed by atoms with Gasteiger partial charge in [-0.15, -0.1) is 0 Å². The van der Waals surface area contributed by atoms with E-state index >= 15 is 0 Å². The van der Waals surface area contributed by atoms with Crippen LogP contribution in [-0.4, -0.2) is 18.2 Å². The molecule has 0 unspecified atom stereocenters. The van der Waals surface area contributed by atoms with E-state index in [1.165, 1.54) is 0 Å². The largest absolute Gasteiger partial charge is 0.496 e. The summed E-state index contributed by atoms with van der Waals surface area (Å²) in [5.41, 5.74) is 1.20. The number of aryl methyl sites for hydroxylation is 1. The fraction of sp³-hybridized carbons (Fsp3) is 0.533. The molecule has 0 radical (unpaired) electrons. The van der Waals surface area contributed by atoms with Crippen LogP contribution in [0, 0.1) is 12.3 Å². The van der Waals surface area contributed by atoms with E-state index in [0.29, 0.717) is 18.6 Å². The summed E-state index contributed by atoms with van der Waals surface area (Å²) >= 11 is 0. The summed E-state index contributed by atoms with van der Waals surface area (Å²) in [5.74, 6) is -0.0655. The van der Waals surface area contributed by atoms with Gasteiger partial charge >= 0.3 is 5.97 Å². The number of methoxy groups -OCH3 is 1. The molecule has 18 heavy (non-hydrogen) atoms. The lowest BCUT2D eigenvalue weighted by Crippen LogP contribution is -2.52. The van der Waals surface area contributed by atoms with Crippen molar-refractivity contribution in [2.75, 3.05) is 7.11 Å². The van der Waals surface area contributed by atoms with E-state index in [2.05, 4.69) is 13.8 Å². The maximum absolute atomic E-state index is 11.7. The van der Waals surface area contributed by atoms with E-state index in [9.17, 15) is 9.90 Å². The Hall–Kier alpha value is -1.51. The van der Waals surface area contributed by atoms with E-state index in [0.717, 1.165) is 11.1 Å². The Labute approximate surface area is 108 Å². The van der Waals surface area contributed by atoms with Crippen LogP contribution in [0.1, 0.15) is 37.8 Å². The summed E-state index contributed by atoms with van der Waals surface area (Å²) in [6, 6.07) is 5.75. The number of carboxylic acids is 1. The fourth-order valence-corrected chi connectivity index (χ4v) is 3.23. The van der Waals surface area contributed by atoms with Gasteiger partial charge in [0.05, 0.1) is 12.5 Å². The van der Waals surface area contributed by atoms with Gasteiger partial charge in [0.2, 0.25) is 0 Å². The summed E-state index contributed by atoms with van der Waals surface area (Å²) in [5, 5.41) is 9.62. The van der Waals surface area contributed by atoms with Crippen molar-refractivity contribution in [1.29, 1.82) is 0 Å². The van der Waals surface area contributed by atoms with Gasteiger partial charge < -0.3 is 9.84 Å². The third-order valence-electron chi connectivity index (χ3n) is 3.84. The molecule has 0 bridgehead atoms. The minimum absolute atomic E-state index is 0.0904. The fourth-order valence-electron chi connectivity index (χ4n) is 3.23. The molecular formula is C15H20O3. The van der Waals surface area contributed by atoms with Crippen molar-refractivity contribution in [1.82, 2.24) is 0 Å². The molecule has 3 nitrogen and oxygen atoms in total. The molecule has 1 N–H and O–H groups in total. The van der Waals surface area contributed by atoms with E-state index in [4.69, 9.17) is 4.74 Å². The first kappa shape index (κ1) is 12.9. The van der Waals surface area contributed by atoms with Gasteiger partial charge in [0.25, 0.3) is 0 Å². The SMILES string of the molecule is COc1ccc(C)cc1C1(C(=O)O)CC(C)(C)C1. The third-order valence-corrected chi connectivity index (χ3v) is 3.84. The van der Waals surface area contributed by atoms with Gasteiger partial charge in [0.1, 0.15) is 5.75 Å². The molecule has 0 atom stereocenters. The van der Waals surface area contributed by atoms with E-state index in [1.807, 2.05) is 25.1 Å². The molecule has 1 aliphatic carbocycles. The zero-order chi connectivity index (χ0) is 13.6. The number of hydrogen-bond donors (Lipinski definition) is 1. The molecule has 0 spiro atoms. The molecule has 1 aliphatic rings. The van der Waals surface area contributed by atoms with E-state index in [1.54, 1.807) is 7.11 Å². The normalized spacial score (nSPS) is 20.0. The monoisotopic (exact) mass is 248 g/mol. The van der Waals surface area contributed by atoms with Crippen LogP contribution in [0.25, 0.3) is 0 Å². The van der Waals surface area contributed by atoms with Crippen LogP contribution in [0.2, 0.25) is 0 Å². The Kier molecular flexibility index (Phi) is 2.88. The highest BCUT2D eigenvalue weighted by Crippen LogP contribution is 2.57. The average molecular weight is 248 g/mol. The highest BCUT2D eigenvalue weighted by atomic mass is 16.5. The molecule has 1 aromatic rings. The van der Waals surface area contributed by atoms with Crippen LogP contribution in [0.3, 0.4) is 0 Å². The highest BCUT2D eigenvalue weighted by Gasteiger charge is 2.56. The van der Waals surface area contributed by atoms with Crippen molar-refractivity contribution in [2.24, 2.45) is 5.41 Å². The van der Waals surface area contributed by atoms with E-state index < -0.39 is 11.4 Å². The van der Waals surface area contributed by atoms with Crippen LogP contribution in [-0.2, 0) is 10.2 Å². The smallest absolute Gasteiger partial charge is 0.314 e. The molecule has 0 aromatic heterocycles.